The van der Waals surface area contributed by atoms with Gasteiger partial charge in [0, 0.05) is 30.2 Å². The van der Waals surface area contributed by atoms with Gasteiger partial charge >= 0.3 is 5.97 Å². The van der Waals surface area contributed by atoms with E-state index >= 15 is 0 Å². The molecule has 5 nitrogen and oxygen atoms in total. The summed E-state index contributed by atoms with van der Waals surface area (Å²) in [5.74, 6) is 0.596. The predicted molar refractivity (Wildman–Crippen MR) is 74.8 cm³/mol. The number of fused-ring (bicyclic) bond motifs is 2. The summed E-state index contributed by atoms with van der Waals surface area (Å²) in [6.07, 6.45) is 0. The molecule has 3 rings (SSSR count). The third kappa shape index (κ3) is 2.50. The van der Waals surface area contributed by atoms with Crippen LogP contribution in [0.1, 0.15) is 24.0 Å². The van der Waals surface area contributed by atoms with Gasteiger partial charge in [-0.15, -0.1) is 0 Å². The molecular weight excluding hydrogens is 272 g/mol. The molecule has 21 heavy (non-hydrogen) atoms. The Hall–Kier alpha value is -2.69. The van der Waals surface area contributed by atoms with Crippen LogP contribution in [0.25, 0.3) is 0 Å². The Kier molecular flexibility index (Phi) is 3.17. The van der Waals surface area contributed by atoms with Gasteiger partial charge in [-0.05, 0) is 12.1 Å². The molecule has 0 bridgehead atoms. The fraction of sp³-hybridized carbons (Fsp3) is 0.188. The van der Waals surface area contributed by atoms with Gasteiger partial charge in [-0.25, -0.2) is 0 Å². The zero-order chi connectivity index (χ0) is 15.0. The Morgan fingerprint density at radius 3 is 2.10 bits per heavy atom. The van der Waals surface area contributed by atoms with Crippen molar-refractivity contribution in [3.8, 4) is 23.0 Å². The van der Waals surface area contributed by atoms with Crippen LogP contribution in [0.3, 0.4) is 0 Å². The normalized spacial score (nSPS) is 13.0. The van der Waals surface area contributed by atoms with Gasteiger partial charge < -0.3 is 19.7 Å². The first-order chi connectivity index (χ1) is 10.0. The quantitative estimate of drug-likeness (QED) is 0.830. The lowest BCUT2D eigenvalue weighted by molar-refractivity contribution is -0.141. The Balaban J connectivity index is 2.07. The van der Waals surface area contributed by atoms with Gasteiger partial charge in [-0.2, -0.15) is 0 Å². The zero-order valence-corrected chi connectivity index (χ0v) is 11.4. The van der Waals surface area contributed by atoms with Crippen LogP contribution in [0.15, 0.2) is 36.4 Å². The maximum absolute atomic E-state index is 11.1. The minimum atomic E-state index is -0.359. The maximum atomic E-state index is 11.1. The number of ether oxygens (including phenoxy) is 2. The third-order valence-electron chi connectivity index (χ3n) is 3.42. The minimum absolute atomic E-state index is 0.0867. The average Bonchev–Trinajstić information content (AvgIpc) is 2.42. The molecule has 0 radical (unpaired) electrons. The van der Waals surface area contributed by atoms with Crippen molar-refractivity contribution < 1.29 is 24.5 Å². The van der Waals surface area contributed by atoms with Crippen molar-refractivity contribution >= 4 is 5.97 Å². The standard InChI is InChI=1S/C16H14O5/c1-9(17)20-8-14-12-4-2-10(18)6-15(12)21-16-7-11(19)3-5-13(14)16/h2-7,14,18-19H,8H2,1H3. The second kappa shape index (κ2) is 5.01. The molecule has 0 fully saturated rings. The molecule has 2 N–H and O–H groups in total. The predicted octanol–water partition coefficient (Wildman–Crippen LogP) is 2.90. The largest absolute Gasteiger partial charge is 0.508 e. The highest BCUT2D eigenvalue weighted by Crippen LogP contribution is 2.46. The van der Waals surface area contributed by atoms with Crippen LogP contribution in [-0.2, 0) is 9.53 Å². The number of phenols is 2. The summed E-state index contributed by atoms with van der Waals surface area (Å²) in [5, 5.41) is 19.2. The highest BCUT2D eigenvalue weighted by atomic mass is 16.5. The number of benzene rings is 2. The molecular formula is C16H14O5. The van der Waals surface area contributed by atoms with Crippen molar-refractivity contribution in [1.82, 2.24) is 0 Å². The molecule has 1 aliphatic rings. The molecule has 2 aromatic rings. The summed E-state index contributed by atoms with van der Waals surface area (Å²) in [7, 11) is 0. The van der Waals surface area contributed by atoms with Crippen molar-refractivity contribution in [3.05, 3.63) is 47.5 Å². The molecule has 0 atom stereocenters. The van der Waals surface area contributed by atoms with E-state index < -0.39 is 0 Å². The van der Waals surface area contributed by atoms with E-state index in [1.807, 2.05) is 0 Å². The SMILES string of the molecule is CC(=O)OCC1c2ccc(O)cc2Oc2cc(O)ccc21. The van der Waals surface area contributed by atoms with Gasteiger partial charge in [0.1, 0.15) is 29.6 Å². The molecule has 0 aromatic heterocycles. The van der Waals surface area contributed by atoms with E-state index in [1.165, 1.54) is 19.1 Å². The van der Waals surface area contributed by atoms with Crippen molar-refractivity contribution in [3.63, 3.8) is 0 Å². The molecule has 0 aliphatic carbocycles. The zero-order valence-electron chi connectivity index (χ0n) is 11.4. The molecule has 0 spiro atoms. The van der Waals surface area contributed by atoms with Crippen molar-refractivity contribution in [1.29, 1.82) is 0 Å². The fourth-order valence-corrected chi connectivity index (χ4v) is 2.46. The lowest BCUT2D eigenvalue weighted by Gasteiger charge is -2.28. The van der Waals surface area contributed by atoms with Crippen LogP contribution in [0.4, 0.5) is 0 Å². The lowest BCUT2D eigenvalue weighted by atomic mass is 9.88. The molecule has 2 aromatic carbocycles. The maximum Gasteiger partial charge on any atom is 0.302 e. The summed E-state index contributed by atoms with van der Waals surface area (Å²) >= 11 is 0. The van der Waals surface area contributed by atoms with Gasteiger partial charge in [0.25, 0.3) is 0 Å². The Bertz CT molecular complexity index is 656. The number of hydrogen-bond donors (Lipinski definition) is 2. The first-order valence-electron chi connectivity index (χ1n) is 6.51. The topological polar surface area (TPSA) is 76.0 Å². The van der Waals surface area contributed by atoms with E-state index in [0.717, 1.165) is 11.1 Å². The monoisotopic (exact) mass is 286 g/mol. The molecule has 108 valence electrons. The molecule has 0 unspecified atom stereocenters. The minimum Gasteiger partial charge on any atom is -0.508 e. The van der Waals surface area contributed by atoms with Crippen molar-refractivity contribution in [2.75, 3.05) is 6.61 Å². The smallest absolute Gasteiger partial charge is 0.302 e. The Morgan fingerprint density at radius 1 is 1.10 bits per heavy atom. The van der Waals surface area contributed by atoms with Crippen LogP contribution in [0.2, 0.25) is 0 Å². The van der Waals surface area contributed by atoms with E-state index in [2.05, 4.69) is 0 Å². The van der Waals surface area contributed by atoms with E-state index in [-0.39, 0.29) is 30.0 Å². The number of carbonyl (C=O) groups excluding carboxylic acids is 1. The number of rotatable bonds is 2. The first kappa shape index (κ1) is 13.3. The molecule has 0 amide bonds. The number of phenolic OH excluding ortho intramolecular Hbond substituents is 2. The van der Waals surface area contributed by atoms with Gasteiger partial charge in [-0.1, -0.05) is 12.1 Å². The molecule has 5 heteroatoms. The first-order valence-corrected chi connectivity index (χ1v) is 6.51. The summed E-state index contributed by atoms with van der Waals surface area (Å²) in [6, 6.07) is 9.62. The van der Waals surface area contributed by atoms with Crippen LogP contribution in [0.5, 0.6) is 23.0 Å². The van der Waals surface area contributed by atoms with Gasteiger partial charge in [0.15, 0.2) is 0 Å². The average molecular weight is 286 g/mol. The van der Waals surface area contributed by atoms with Crippen LogP contribution in [0, 0.1) is 0 Å². The molecule has 0 saturated carbocycles. The molecule has 0 saturated heterocycles. The number of aromatic hydroxyl groups is 2. The highest BCUT2D eigenvalue weighted by Gasteiger charge is 2.28. The van der Waals surface area contributed by atoms with Crippen LogP contribution >= 0.6 is 0 Å². The van der Waals surface area contributed by atoms with E-state index in [1.54, 1.807) is 24.3 Å². The Labute approximate surface area is 121 Å². The number of hydrogen-bond acceptors (Lipinski definition) is 5. The number of esters is 1. The number of carbonyl (C=O) groups is 1. The lowest BCUT2D eigenvalue weighted by Crippen LogP contribution is -2.16. The molecule has 1 aliphatic heterocycles. The van der Waals surface area contributed by atoms with Gasteiger partial charge in [-0.3, -0.25) is 4.79 Å². The summed E-state index contributed by atoms with van der Waals surface area (Å²) in [4.78, 5) is 11.1. The van der Waals surface area contributed by atoms with Crippen LogP contribution < -0.4 is 4.74 Å². The highest BCUT2D eigenvalue weighted by molar-refractivity contribution is 5.66. The summed E-state index contributed by atoms with van der Waals surface area (Å²) in [5.41, 5.74) is 1.65. The van der Waals surface area contributed by atoms with Crippen molar-refractivity contribution in [2.24, 2.45) is 0 Å². The third-order valence-corrected chi connectivity index (χ3v) is 3.42. The second-order valence-corrected chi connectivity index (χ2v) is 4.90. The van der Waals surface area contributed by atoms with Gasteiger partial charge in [0.2, 0.25) is 0 Å². The van der Waals surface area contributed by atoms with Crippen molar-refractivity contribution in [2.45, 2.75) is 12.8 Å². The molecule has 1 heterocycles. The van der Waals surface area contributed by atoms with Gasteiger partial charge in [0.05, 0.1) is 5.92 Å². The van der Waals surface area contributed by atoms with E-state index in [4.69, 9.17) is 9.47 Å². The fourth-order valence-electron chi connectivity index (χ4n) is 2.46. The van der Waals surface area contributed by atoms with E-state index in [0.29, 0.717) is 11.5 Å². The summed E-state index contributed by atoms with van der Waals surface area (Å²) in [6.45, 7) is 1.53. The Morgan fingerprint density at radius 2 is 1.62 bits per heavy atom. The van der Waals surface area contributed by atoms with Crippen LogP contribution in [-0.4, -0.2) is 22.8 Å². The second-order valence-electron chi connectivity index (χ2n) is 4.90. The summed E-state index contributed by atoms with van der Waals surface area (Å²) < 4.78 is 10.9. The van der Waals surface area contributed by atoms with E-state index in [9.17, 15) is 15.0 Å².